The summed E-state index contributed by atoms with van der Waals surface area (Å²) in [6.45, 7) is 9.17. The smallest absolute Gasteiger partial charge is 0.321 e. The van der Waals surface area contributed by atoms with Crippen molar-refractivity contribution in [3.8, 4) is 0 Å². The molecule has 0 saturated carbocycles. The molecular formula is C25H28F2N2O3. The van der Waals surface area contributed by atoms with E-state index in [0.717, 1.165) is 0 Å². The van der Waals surface area contributed by atoms with Crippen LogP contribution >= 0.6 is 0 Å². The first-order valence-corrected chi connectivity index (χ1v) is 10.7. The van der Waals surface area contributed by atoms with Crippen LogP contribution in [0.3, 0.4) is 0 Å². The predicted octanol–water partition coefficient (Wildman–Crippen LogP) is 4.42. The molecule has 4 rings (SSSR count). The zero-order chi connectivity index (χ0) is 23.6. The maximum absolute atomic E-state index is 15.4. The standard InChI is InChI=1S/C25H28F2N2O3/c1-12-7-6-8-14(18(12)26)17-21(22(30)31)28-16(11-24(3,4)5)25(17)15-10-9-13(2)19(27)20(15)29-23(25)32/h6-10,16-17,21,28H,11H2,1-5H3,(H,29,32)(H,30,31)/t16?,17?,21-,25-/m1/s1. The number of aliphatic carboxylic acids is 1. The minimum absolute atomic E-state index is 0.0554. The van der Waals surface area contributed by atoms with E-state index in [0.29, 0.717) is 23.1 Å². The highest BCUT2D eigenvalue weighted by Crippen LogP contribution is 2.57. The Balaban J connectivity index is 2.07. The summed E-state index contributed by atoms with van der Waals surface area (Å²) in [6, 6.07) is 6.18. The topological polar surface area (TPSA) is 78.4 Å². The number of carboxylic acids is 1. The van der Waals surface area contributed by atoms with Crippen LogP contribution in [0.5, 0.6) is 0 Å². The molecule has 170 valence electrons. The Bertz CT molecular complexity index is 1120. The van der Waals surface area contributed by atoms with E-state index in [9.17, 15) is 14.7 Å². The number of anilines is 1. The molecule has 0 aliphatic carbocycles. The Kier molecular flexibility index (Phi) is 5.16. The molecule has 2 aromatic rings. The van der Waals surface area contributed by atoms with Crippen LogP contribution in [0.4, 0.5) is 14.5 Å². The van der Waals surface area contributed by atoms with E-state index in [2.05, 4.69) is 10.6 Å². The molecule has 2 aromatic carbocycles. The summed E-state index contributed by atoms with van der Waals surface area (Å²) in [6.07, 6.45) is 0.434. The summed E-state index contributed by atoms with van der Waals surface area (Å²) in [7, 11) is 0. The van der Waals surface area contributed by atoms with Gasteiger partial charge in [0.15, 0.2) is 0 Å². The largest absolute Gasteiger partial charge is 0.480 e. The predicted molar refractivity (Wildman–Crippen MR) is 118 cm³/mol. The number of carbonyl (C=O) groups excluding carboxylic acids is 1. The van der Waals surface area contributed by atoms with Crippen LogP contribution in [0.2, 0.25) is 0 Å². The van der Waals surface area contributed by atoms with Crippen molar-refractivity contribution in [2.24, 2.45) is 5.41 Å². The third-order valence-electron chi connectivity index (χ3n) is 6.79. The minimum Gasteiger partial charge on any atom is -0.480 e. The number of carboxylic acid groups (broad SMARTS) is 1. The number of aryl methyl sites for hydroxylation is 2. The second-order valence-electron chi connectivity index (χ2n) is 10.2. The lowest BCUT2D eigenvalue weighted by atomic mass is 9.62. The van der Waals surface area contributed by atoms with E-state index in [-0.39, 0.29) is 16.7 Å². The lowest BCUT2D eigenvalue weighted by Gasteiger charge is -2.37. The summed E-state index contributed by atoms with van der Waals surface area (Å²) >= 11 is 0. The highest BCUT2D eigenvalue weighted by Gasteiger charge is 2.66. The molecule has 1 amide bonds. The average Bonchev–Trinajstić information content (AvgIpc) is 3.17. The molecule has 2 unspecified atom stereocenters. The maximum atomic E-state index is 15.4. The minimum atomic E-state index is -1.48. The van der Waals surface area contributed by atoms with Crippen molar-refractivity contribution in [2.45, 2.75) is 64.5 Å². The first kappa shape index (κ1) is 22.4. The average molecular weight is 443 g/mol. The van der Waals surface area contributed by atoms with E-state index in [1.165, 1.54) is 6.07 Å². The third kappa shape index (κ3) is 3.13. The fourth-order valence-corrected chi connectivity index (χ4v) is 5.45. The number of carbonyl (C=O) groups is 2. The van der Waals surface area contributed by atoms with Gasteiger partial charge in [0, 0.05) is 12.0 Å². The SMILES string of the molecule is Cc1cccc(C2[C@H](C(=O)O)NC(CC(C)(C)C)[C@@]23C(=O)Nc2c3ccc(C)c2F)c1F. The zero-order valence-corrected chi connectivity index (χ0v) is 18.8. The van der Waals surface area contributed by atoms with Crippen molar-refractivity contribution in [1.29, 1.82) is 0 Å². The number of benzene rings is 2. The number of fused-ring (bicyclic) bond motifs is 2. The third-order valence-corrected chi connectivity index (χ3v) is 6.79. The van der Waals surface area contributed by atoms with Crippen molar-refractivity contribution in [3.63, 3.8) is 0 Å². The van der Waals surface area contributed by atoms with Crippen molar-refractivity contribution < 1.29 is 23.5 Å². The monoisotopic (exact) mass is 442 g/mol. The molecule has 2 heterocycles. The van der Waals surface area contributed by atoms with Gasteiger partial charge >= 0.3 is 5.97 Å². The van der Waals surface area contributed by atoms with Gasteiger partial charge in [-0.25, -0.2) is 8.78 Å². The van der Waals surface area contributed by atoms with E-state index < -0.39 is 46.9 Å². The molecule has 4 atom stereocenters. The van der Waals surface area contributed by atoms with E-state index >= 15 is 8.78 Å². The summed E-state index contributed by atoms with van der Waals surface area (Å²) in [5.74, 6) is -3.84. The lowest BCUT2D eigenvalue weighted by molar-refractivity contribution is -0.139. The van der Waals surface area contributed by atoms with E-state index in [1.807, 2.05) is 20.8 Å². The van der Waals surface area contributed by atoms with Crippen LogP contribution < -0.4 is 10.6 Å². The Labute approximate surface area is 186 Å². The molecule has 32 heavy (non-hydrogen) atoms. The summed E-state index contributed by atoms with van der Waals surface area (Å²) in [5.41, 5.74) is -0.455. The van der Waals surface area contributed by atoms with Gasteiger partial charge in [0.2, 0.25) is 5.91 Å². The van der Waals surface area contributed by atoms with Crippen molar-refractivity contribution >= 4 is 17.6 Å². The van der Waals surface area contributed by atoms with E-state index in [4.69, 9.17) is 0 Å². The van der Waals surface area contributed by atoms with Crippen molar-refractivity contribution in [2.75, 3.05) is 5.32 Å². The van der Waals surface area contributed by atoms with Crippen LogP contribution in [-0.2, 0) is 15.0 Å². The molecule has 1 fully saturated rings. The van der Waals surface area contributed by atoms with Gasteiger partial charge in [0.05, 0.1) is 5.69 Å². The van der Waals surface area contributed by atoms with Crippen LogP contribution in [-0.4, -0.2) is 29.1 Å². The molecule has 0 aromatic heterocycles. The number of hydrogen-bond acceptors (Lipinski definition) is 3. The Morgan fingerprint density at radius 2 is 1.75 bits per heavy atom. The molecule has 2 aliphatic heterocycles. The maximum Gasteiger partial charge on any atom is 0.321 e. The molecule has 3 N–H and O–H groups in total. The van der Waals surface area contributed by atoms with Crippen LogP contribution in [0.25, 0.3) is 0 Å². The molecule has 2 aliphatic rings. The van der Waals surface area contributed by atoms with Gasteiger partial charge in [0.1, 0.15) is 23.1 Å². The number of hydrogen-bond donors (Lipinski definition) is 3. The van der Waals surface area contributed by atoms with Crippen LogP contribution in [0.15, 0.2) is 30.3 Å². The van der Waals surface area contributed by atoms with Gasteiger partial charge in [-0.15, -0.1) is 0 Å². The van der Waals surface area contributed by atoms with Gasteiger partial charge in [0.25, 0.3) is 0 Å². The number of nitrogens with one attached hydrogen (secondary N) is 2. The fraction of sp³-hybridized carbons (Fsp3) is 0.440. The lowest BCUT2D eigenvalue weighted by Crippen LogP contribution is -2.49. The van der Waals surface area contributed by atoms with Crippen molar-refractivity contribution in [3.05, 3.63) is 64.2 Å². The number of amides is 1. The molecule has 5 nitrogen and oxygen atoms in total. The van der Waals surface area contributed by atoms with Gasteiger partial charge in [-0.1, -0.05) is 51.1 Å². The van der Waals surface area contributed by atoms with Gasteiger partial charge in [-0.3, -0.25) is 14.9 Å². The van der Waals surface area contributed by atoms with Crippen LogP contribution in [0.1, 0.15) is 55.4 Å². The molecule has 0 bridgehead atoms. The fourth-order valence-electron chi connectivity index (χ4n) is 5.45. The first-order valence-electron chi connectivity index (χ1n) is 10.7. The summed E-state index contributed by atoms with van der Waals surface area (Å²) in [4.78, 5) is 26.1. The van der Waals surface area contributed by atoms with Gasteiger partial charge in [-0.05, 0) is 47.9 Å². The highest BCUT2D eigenvalue weighted by atomic mass is 19.1. The highest BCUT2D eigenvalue weighted by molar-refractivity contribution is 6.09. The second-order valence-corrected chi connectivity index (χ2v) is 10.2. The summed E-state index contributed by atoms with van der Waals surface area (Å²) < 4.78 is 30.5. The Hall–Kier alpha value is -2.80. The van der Waals surface area contributed by atoms with Crippen LogP contribution in [0, 0.1) is 30.9 Å². The first-order chi connectivity index (χ1) is 14.9. The normalized spacial score (nSPS) is 27.0. The Morgan fingerprint density at radius 3 is 2.38 bits per heavy atom. The number of halogens is 2. The molecule has 1 spiro atoms. The second kappa shape index (κ2) is 7.37. The van der Waals surface area contributed by atoms with Crippen molar-refractivity contribution in [1.82, 2.24) is 5.32 Å². The molecule has 1 saturated heterocycles. The molecule has 7 heteroatoms. The van der Waals surface area contributed by atoms with E-state index in [1.54, 1.807) is 38.1 Å². The summed E-state index contributed by atoms with van der Waals surface area (Å²) in [5, 5.41) is 15.9. The quantitative estimate of drug-likeness (QED) is 0.658. The molecule has 0 radical (unpaired) electrons. The van der Waals surface area contributed by atoms with Gasteiger partial charge in [-0.2, -0.15) is 0 Å². The molecular weight excluding hydrogens is 414 g/mol. The Morgan fingerprint density at radius 1 is 1.09 bits per heavy atom. The zero-order valence-electron chi connectivity index (χ0n) is 18.8. The van der Waals surface area contributed by atoms with Gasteiger partial charge < -0.3 is 10.4 Å². The number of rotatable bonds is 3.